The lowest BCUT2D eigenvalue weighted by Gasteiger charge is -2.19. The van der Waals surface area contributed by atoms with Crippen LogP contribution in [-0.2, 0) is 25.7 Å². The lowest BCUT2D eigenvalue weighted by Crippen LogP contribution is -2.05. The number of para-hydroxylation sites is 1. The number of fused-ring (bicyclic) bond motifs is 2. The van der Waals surface area contributed by atoms with E-state index in [0.29, 0.717) is 0 Å². The van der Waals surface area contributed by atoms with Gasteiger partial charge >= 0.3 is 0 Å². The van der Waals surface area contributed by atoms with Gasteiger partial charge in [0.05, 0.1) is 22.4 Å². The third-order valence-electron chi connectivity index (χ3n) is 5.85. The smallest absolute Gasteiger partial charge is 0.0928 e. The second-order valence-electron chi connectivity index (χ2n) is 7.32. The highest BCUT2D eigenvalue weighted by atomic mass is 14.8. The molecule has 2 aromatic heterocycles. The Labute approximate surface area is 167 Å². The summed E-state index contributed by atoms with van der Waals surface area (Å²) in [6.45, 7) is 9.01. The normalized spacial score (nSPS) is 11.4. The molecule has 4 rings (SSSR count). The Hall–Kier alpha value is -2.74. The van der Waals surface area contributed by atoms with Crippen LogP contribution in [0.5, 0.6) is 0 Å². The highest BCUT2D eigenvalue weighted by Gasteiger charge is 2.18. The van der Waals surface area contributed by atoms with Crippen molar-refractivity contribution in [3.8, 4) is 11.4 Å². The molecule has 28 heavy (non-hydrogen) atoms. The van der Waals surface area contributed by atoms with E-state index in [9.17, 15) is 0 Å². The topological polar surface area (TPSA) is 25.8 Å². The Bertz CT molecular complexity index is 1160. The maximum Gasteiger partial charge on any atom is 0.0928 e. The van der Waals surface area contributed by atoms with Gasteiger partial charge < -0.3 is 0 Å². The fourth-order valence-electron chi connectivity index (χ4n) is 4.51. The minimum atomic E-state index is 0.968. The first-order chi connectivity index (χ1) is 13.7. The average Bonchev–Trinajstić information content (AvgIpc) is 2.76. The molecule has 0 fully saturated rings. The zero-order valence-electron chi connectivity index (χ0n) is 17.3. The van der Waals surface area contributed by atoms with Gasteiger partial charge in [0, 0.05) is 10.8 Å². The number of pyridine rings is 2. The molecule has 2 heterocycles. The molecule has 2 heteroatoms. The molecule has 0 N–H and O–H groups in total. The minimum Gasteiger partial charge on any atom is -0.246 e. The molecule has 0 aliphatic heterocycles. The van der Waals surface area contributed by atoms with Crippen LogP contribution >= 0.6 is 0 Å². The summed E-state index contributed by atoms with van der Waals surface area (Å²) < 4.78 is 0. The standard InChI is InChI=1S/C26H28N2/c1-5-17-13-15-23-25(19(17)6-2)20(7-3)21(8-4)26(28-23)24-16-14-18-11-9-10-12-22(18)27-24/h9-16H,5-8H2,1-4H3. The molecular weight excluding hydrogens is 340 g/mol. The average molecular weight is 369 g/mol. The van der Waals surface area contributed by atoms with Crippen molar-refractivity contribution < 1.29 is 0 Å². The minimum absolute atomic E-state index is 0.968. The van der Waals surface area contributed by atoms with Gasteiger partial charge in [-0.05, 0) is 66.1 Å². The summed E-state index contributed by atoms with van der Waals surface area (Å²) in [5, 5.41) is 2.55. The Morgan fingerprint density at radius 2 is 1.36 bits per heavy atom. The quantitative estimate of drug-likeness (QED) is 0.392. The van der Waals surface area contributed by atoms with Gasteiger partial charge in [-0.1, -0.05) is 58.0 Å². The zero-order chi connectivity index (χ0) is 19.7. The van der Waals surface area contributed by atoms with Gasteiger partial charge in [-0.15, -0.1) is 0 Å². The molecule has 2 aromatic carbocycles. The molecule has 0 aliphatic carbocycles. The summed E-state index contributed by atoms with van der Waals surface area (Å²) in [7, 11) is 0. The Morgan fingerprint density at radius 3 is 2.07 bits per heavy atom. The molecule has 142 valence electrons. The first-order valence-electron chi connectivity index (χ1n) is 10.5. The van der Waals surface area contributed by atoms with E-state index in [2.05, 4.69) is 70.2 Å². The van der Waals surface area contributed by atoms with Crippen LogP contribution in [-0.4, -0.2) is 9.97 Å². The Balaban J connectivity index is 2.06. The molecule has 0 radical (unpaired) electrons. The van der Waals surface area contributed by atoms with Gasteiger partial charge in [0.1, 0.15) is 0 Å². The van der Waals surface area contributed by atoms with E-state index in [0.717, 1.165) is 48.1 Å². The van der Waals surface area contributed by atoms with E-state index >= 15 is 0 Å². The van der Waals surface area contributed by atoms with Crippen LogP contribution in [0.4, 0.5) is 0 Å². The molecule has 0 atom stereocenters. The third kappa shape index (κ3) is 2.97. The summed E-state index contributed by atoms with van der Waals surface area (Å²) in [4.78, 5) is 10.1. The van der Waals surface area contributed by atoms with Gasteiger partial charge in [-0.3, -0.25) is 0 Å². The van der Waals surface area contributed by atoms with Crippen molar-refractivity contribution in [3.05, 3.63) is 70.8 Å². The predicted molar refractivity (Wildman–Crippen MR) is 120 cm³/mol. The lowest BCUT2D eigenvalue weighted by atomic mass is 9.89. The maximum atomic E-state index is 5.15. The Morgan fingerprint density at radius 1 is 0.607 bits per heavy atom. The molecule has 0 saturated carbocycles. The third-order valence-corrected chi connectivity index (χ3v) is 5.85. The fraction of sp³-hybridized carbons (Fsp3) is 0.308. The molecule has 0 spiro atoms. The zero-order valence-corrected chi connectivity index (χ0v) is 17.3. The SMILES string of the molecule is CCc1ccc2nc(-c3ccc4ccccc4n3)c(CC)c(CC)c2c1CC. The van der Waals surface area contributed by atoms with Crippen molar-refractivity contribution in [3.63, 3.8) is 0 Å². The summed E-state index contributed by atoms with van der Waals surface area (Å²) in [5.74, 6) is 0. The van der Waals surface area contributed by atoms with Crippen LogP contribution in [0, 0.1) is 0 Å². The molecule has 0 unspecified atom stereocenters. The van der Waals surface area contributed by atoms with Crippen LogP contribution in [0.1, 0.15) is 49.9 Å². The number of hydrogen-bond donors (Lipinski definition) is 0. The molecule has 0 bridgehead atoms. The van der Waals surface area contributed by atoms with Crippen LogP contribution in [0.15, 0.2) is 48.5 Å². The van der Waals surface area contributed by atoms with Crippen LogP contribution in [0.3, 0.4) is 0 Å². The highest BCUT2D eigenvalue weighted by molar-refractivity contribution is 5.91. The predicted octanol–water partition coefficient (Wildman–Crippen LogP) is 6.70. The summed E-state index contributed by atoms with van der Waals surface area (Å²) >= 11 is 0. The van der Waals surface area contributed by atoms with E-state index < -0.39 is 0 Å². The van der Waals surface area contributed by atoms with Crippen molar-refractivity contribution in [2.45, 2.75) is 53.4 Å². The van der Waals surface area contributed by atoms with Crippen molar-refractivity contribution in [2.24, 2.45) is 0 Å². The molecule has 2 nitrogen and oxygen atoms in total. The second-order valence-corrected chi connectivity index (χ2v) is 7.32. The molecule has 4 aromatic rings. The first-order valence-corrected chi connectivity index (χ1v) is 10.5. The van der Waals surface area contributed by atoms with Gasteiger partial charge in [-0.25, -0.2) is 9.97 Å². The highest BCUT2D eigenvalue weighted by Crippen LogP contribution is 2.34. The van der Waals surface area contributed by atoms with Gasteiger partial charge in [0.2, 0.25) is 0 Å². The van der Waals surface area contributed by atoms with Crippen LogP contribution < -0.4 is 0 Å². The van der Waals surface area contributed by atoms with Crippen LogP contribution in [0.2, 0.25) is 0 Å². The number of aromatic nitrogens is 2. The molecule has 0 amide bonds. The van der Waals surface area contributed by atoms with Crippen molar-refractivity contribution in [1.82, 2.24) is 9.97 Å². The summed E-state index contributed by atoms with van der Waals surface area (Å²) in [5.41, 5.74) is 9.87. The van der Waals surface area contributed by atoms with Gasteiger partial charge in [0.25, 0.3) is 0 Å². The second kappa shape index (κ2) is 7.71. The summed E-state index contributed by atoms with van der Waals surface area (Å²) in [6, 6.07) is 17.0. The largest absolute Gasteiger partial charge is 0.246 e. The Kier molecular flexibility index (Phi) is 5.13. The van der Waals surface area contributed by atoms with E-state index in [1.807, 2.05) is 6.07 Å². The number of aryl methyl sites for hydroxylation is 3. The number of benzene rings is 2. The van der Waals surface area contributed by atoms with Gasteiger partial charge in [-0.2, -0.15) is 0 Å². The summed E-state index contributed by atoms with van der Waals surface area (Å²) in [6.07, 6.45) is 4.10. The van der Waals surface area contributed by atoms with Crippen molar-refractivity contribution in [1.29, 1.82) is 0 Å². The molecule has 0 aliphatic rings. The van der Waals surface area contributed by atoms with E-state index in [-0.39, 0.29) is 0 Å². The van der Waals surface area contributed by atoms with Crippen molar-refractivity contribution >= 4 is 21.8 Å². The van der Waals surface area contributed by atoms with E-state index in [4.69, 9.17) is 9.97 Å². The van der Waals surface area contributed by atoms with Crippen molar-refractivity contribution in [2.75, 3.05) is 0 Å². The lowest BCUT2D eigenvalue weighted by molar-refractivity contribution is 1.01. The molecular formula is C26H28N2. The number of hydrogen-bond acceptors (Lipinski definition) is 2. The first kappa shape index (κ1) is 18.6. The van der Waals surface area contributed by atoms with E-state index in [1.54, 1.807) is 0 Å². The fourth-order valence-corrected chi connectivity index (χ4v) is 4.51. The maximum absolute atomic E-state index is 5.15. The molecule has 0 saturated heterocycles. The number of rotatable bonds is 5. The van der Waals surface area contributed by atoms with E-state index in [1.165, 1.54) is 33.0 Å². The monoisotopic (exact) mass is 368 g/mol. The number of nitrogens with zero attached hydrogens (tertiary/aromatic N) is 2. The van der Waals surface area contributed by atoms with Crippen LogP contribution in [0.25, 0.3) is 33.2 Å². The van der Waals surface area contributed by atoms with Gasteiger partial charge in [0.15, 0.2) is 0 Å².